The number of Topliss-reactive ketones (excluding diaryl/α,β-unsaturated/α-hetero) is 1. The molecule has 1 saturated heterocycles. The van der Waals surface area contributed by atoms with Crippen LogP contribution in [0.1, 0.15) is 40.7 Å². The van der Waals surface area contributed by atoms with Gasteiger partial charge in [-0.1, -0.05) is 60.7 Å². The zero-order valence-corrected chi connectivity index (χ0v) is 17.9. The minimum Gasteiger partial charge on any atom is -0.368 e. The first-order valence-electron chi connectivity index (χ1n) is 10.9. The number of piperazine rings is 1. The molecule has 3 aromatic carbocycles. The number of benzene rings is 3. The molecule has 4 rings (SSSR count). The van der Waals surface area contributed by atoms with Gasteiger partial charge in [-0.15, -0.1) is 0 Å². The highest BCUT2D eigenvalue weighted by Crippen LogP contribution is 2.29. The Kier molecular flexibility index (Phi) is 6.46. The van der Waals surface area contributed by atoms with E-state index in [-0.39, 0.29) is 17.6 Å². The topological polar surface area (TPSA) is 40.6 Å². The summed E-state index contributed by atoms with van der Waals surface area (Å²) in [5.74, 6) is 0.338. The lowest BCUT2D eigenvalue weighted by Gasteiger charge is -2.36. The van der Waals surface area contributed by atoms with E-state index in [0.29, 0.717) is 19.5 Å². The fraction of sp³-hybridized carbons (Fsp3) is 0.259. The van der Waals surface area contributed by atoms with Crippen molar-refractivity contribution in [3.8, 4) is 0 Å². The third-order valence-electron chi connectivity index (χ3n) is 6.05. The van der Waals surface area contributed by atoms with Gasteiger partial charge in [-0.25, -0.2) is 0 Å². The molecular formula is C27H28N2O2. The van der Waals surface area contributed by atoms with Crippen molar-refractivity contribution in [3.05, 3.63) is 102 Å². The average molecular weight is 413 g/mol. The number of carbonyl (C=O) groups is 2. The molecule has 1 aliphatic rings. The van der Waals surface area contributed by atoms with Crippen molar-refractivity contribution in [2.24, 2.45) is 0 Å². The van der Waals surface area contributed by atoms with Gasteiger partial charge in [-0.2, -0.15) is 0 Å². The molecule has 4 heteroatoms. The number of nitrogens with zero attached hydrogens (tertiary/aromatic N) is 2. The summed E-state index contributed by atoms with van der Waals surface area (Å²) < 4.78 is 0. The number of ketones is 1. The zero-order chi connectivity index (χ0) is 21.6. The van der Waals surface area contributed by atoms with Gasteiger partial charge >= 0.3 is 0 Å². The monoisotopic (exact) mass is 412 g/mol. The van der Waals surface area contributed by atoms with Gasteiger partial charge in [0.1, 0.15) is 0 Å². The molecule has 0 bridgehead atoms. The number of rotatable bonds is 6. The van der Waals surface area contributed by atoms with Gasteiger partial charge in [-0.05, 0) is 42.3 Å². The second kappa shape index (κ2) is 9.61. The molecule has 4 nitrogen and oxygen atoms in total. The van der Waals surface area contributed by atoms with Crippen molar-refractivity contribution in [2.45, 2.75) is 19.3 Å². The third-order valence-corrected chi connectivity index (χ3v) is 6.05. The smallest absolute Gasteiger partial charge is 0.223 e. The van der Waals surface area contributed by atoms with Crippen molar-refractivity contribution >= 4 is 17.4 Å². The zero-order valence-electron chi connectivity index (χ0n) is 17.9. The van der Waals surface area contributed by atoms with Gasteiger partial charge < -0.3 is 9.80 Å². The molecule has 0 N–H and O–H groups in total. The molecule has 1 aliphatic heterocycles. The molecule has 3 aromatic rings. The molecule has 1 amide bonds. The molecule has 0 aromatic heterocycles. The van der Waals surface area contributed by atoms with Crippen molar-refractivity contribution in [1.29, 1.82) is 0 Å². The van der Waals surface area contributed by atoms with Gasteiger partial charge in [0.25, 0.3) is 0 Å². The summed E-state index contributed by atoms with van der Waals surface area (Å²) in [4.78, 5) is 28.9. The van der Waals surface area contributed by atoms with Gasteiger partial charge in [0.2, 0.25) is 5.91 Å². The summed E-state index contributed by atoms with van der Waals surface area (Å²) in [6, 6.07) is 28.3. The van der Waals surface area contributed by atoms with E-state index in [9.17, 15) is 9.59 Å². The third kappa shape index (κ3) is 5.02. The van der Waals surface area contributed by atoms with Crippen LogP contribution in [-0.4, -0.2) is 42.8 Å². The quantitative estimate of drug-likeness (QED) is 0.548. The highest BCUT2D eigenvalue weighted by Gasteiger charge is 2.25. The van der Waals surface area contributed by atoms with E-state index >= 15 is 0 Å². The summed E-state index contributed by atoms with van der Waals surface area (Å²) in [6.07, 6.45) is 0.474. The molecule has 31 heavy (non-hydrogen) atoms. The maximum absolute atomic E-state index is 13.2. The van der Waals surface area contributed by atoms with Crippen LogP contribution in [0.25, 0.3) is 0 Å². The van der Waals surface area contributed by atoms with Crippen molar-refractivity contribution in [2.75, 3.05) is 31.1 Å². The van der Waals surface area contributed by atoms with E-state index in [0.717, 1.165) is 24.3 Å². The first-order valence-corrected chi connectivity index (χ1v) is 10.9. The first kappa shape index (κ1) is 20.9. The van der Waals surface area contributed by atoms with Crippen LogP contribution in [-0.2, 0) is 4.79 Å². The Balaban J connectivity index is 1.41. The molecule has 0 saturated carbocycles. The van der Waals surface area contributed by atoms with Crippen LogP contribution in [0.5, 0.6) is 0 Å². The molecule has 1 fully saturated rings. The largest absolute Gasteiger partial charge is 0.368 e. The van der Waals surface area contributed by atoms with Crippen LogP contribution in [0.3, 0.4) is 0 Å². The normalized spacial score (nSPS) is 14.0. The van der Waals surface area contributed by atoms with E-state index in [2.05, 4.69) is 29.2 Å². The lowest BCUT2D eigenvalue weighted by molar-refractivity contribution is -0.131. The molecule has 0 spiro atoms. The number of anilines is 1. The van der Waals surface area contributed by atoms with Gasteiger partial charge in [-0.3, -0.25) is 9.59 Å². The predicted octanol–water partition coefficient (Wildman–Crippen LogP) is 4.76. The Bertz CT molecular complexity index is 969. The molecular weight excluding hydrogens is 384 g/mol. The molecule has 0 radical (unpaired) electrons. The lowest BCUT2D eigenvalue weighted by Crippen LogP contribution is -2.49. The van der Waals surface area contributed by atoms with Crippen LogP contribution in [0.2, 0.25) is 0 Å². The summed E-state index contributed by atoms with van der Waals surface area (Å²) >= 11 is 0. The van der Waals surface area contributed by atoms with Crippen LogP contribution < -0.4 is 4.90 Å². The maximum Gasteiger partial charge on any atom is 0.223 e. The minimum atomic E-state index is 0.0621. The Morgan fingerprint density at radius 1 is 0.742 bits per heavy atom. The number of hydrogen-bond acceptors (Lipinski definition) is 3. The van der Waals surface area contributed by atoms with Crippen molar-refractivity contribution in [1.82, 2.24) is 4.90 Å². The van der Waals surface area contributed by atoms with E-state index in [1.54, 1.807) is 6.92 Å². The fourth-order valence-electron chi connectivity index (χ4n) is 4.22. The Labute approximate surface area is 184 Å². The van der Waals surface area contributed by atoms with Crippen LogP contribution in [0.15, 0.2) is 84.9 Å². The second-order valence-electron chi connectivity index (χ2n) is 8.05. The summed E-state index contributed by atoms with van der Waals surface area (Å²) in [5, 5.41) is 0. The predicted molar refractivity (Wildman–Crippen MR) is 125 cm³/mol. The van der Waals surface area contributed by atoms with Gasteiger partial charge in [0, 0.05) is 49.8 Å². The highest BCUT2D eigenvalue weighted by atomic mass is 16.2. The van der Waals surface area contributed by atoms with Crippen LogP contribution >= 0.6 is 0 Å². The standard InChI is InChI=1S/C27H28N2O2/c1-21(30)22-12-14-25(15-13-22)28-16-18-29(19-17-28)27(31)20-26(23-8-4-2-5-9-23)24-10-6-3-7-11-24/h2-15,26H,16-20H2,1H3. The Morgan fingerprint density at radius 3 is 1.74 bits per heavy atom. The number of carbonyl (C=O) groups excluding carboxylic acids is 2. The molecule has 1 heterocycles. The molecule has 158 valence electrons. The van der Waals surface area contributed by atoms with Gasteiger partial charge in [0.15, 0.2) is 5.78 Å². The van der Waals surface area contributed by atoms with E-state index in [4.69, 9.17) is 0 Å². The number of amides is 1. The lowest BCUT2D eigenvalue weighted by atomic mass is 9.88. The molecule has 0 atom stereocenters. The van der Waals surface area contributed by atoms with E-state index < -0.39 is 0 Å². The van der Waals surface area contributed by atoms with E-state index in [1.807, 2.05) is 65.6 Å². The average Bonchev–Trinajstić information content (AvgIpc) is 2.83. The summed E-state index contributed by atoms with van der Waals surface area (Å²) in [7, 11) is 0. The van der Waals surface area contributed by atoms with Crippen molar-refractivity contribution in [3.63, 3.8) is 0 Å². The SMILES string of the molecule is CC(=O)c1ccc(N2CCN(C(=O)CC(c3ccccc3)c3ccccc3)CC2)cc1. The molecule has 0 aliphatic carbocycles. The van der Waals surface area contributed by atoms with Crippen LogP contribution in [0.4, 0.5) is 5.69 Å². The van der Waals surface area contributed by atoms with E-state index in [1.165, 1.54) is 11.1 Å². The summed E-state index contributed by atoms with van der Waals surface area (Å²) in [6.45, 7) is 4.60. The fourth-order valence-corrected chi connectivity index (χ4v) is 4.22. The Hall–Kier alpha value is -3.40. The second-order valence-corrected chi connectivity index (χ2v) is 8.05. The van der Waals surface area contributed by atoms with Crippen molar-refractivity contribution < 1.29 is 9.59 Å². The first-order chi connectivity index (χ1) is 15.1. The van der Waals surface area contributed by atoms with Gasteiger partial charge in [0.05, 0.1) is 0 Å². The Morgan fingerprint density at radius 2 is 1.26 bits per heavy atom. The van der Waals surface area contributed by atoms with Crippen LogP contribution in [0, 0.1) is 0 Å². The summed E-state index contributed by atoms with van der Waals surface area (Å²) in [5.41, 5.74) is 4.17. The number of hydrogen-bond donors (Lipinski definition) is 0. The highest BCUT2D eigenvalue weighted by molar-refractivity contribution is 5.94. The molecule has 0 unspecified atom stereocenters. The minimum absolute atomic E-state index is 0.0621. The maximum atomic E-state index is 13.2.